The van der Waals surface area contributed by atoms with Crippen LogP contribution >= 0.6 is 34.4 Å². The number of thiophene rings is 1. The quantitative estimate of drug-likeness (QED) is 0.221. The average molecular weight is 502 g/mol. The van der Waals surface area contributed by atoms with E-state index >= 15 is 0 Å². The van der Waals surface area contributed by atoms with Crippen molar-refractivity contribution in [1.29, 1.82) is 0 Å². The number of halogens is 3. The van der Waals surface area contributed by atoms with Crippen LogP contribution in [0.15, 0.2) is 46.7 Å². The first-order chi connectivity index (χ1) is 15.3. The second-order valence-corrected chi connectivity index (χ2v) is 9.92. The lowest BCUT2D eigenvalue weighted by molar-refractivity contribution is -0.134. The van der Waals surface area contributed by atoms with Crippen LogP contribution in [0.5, 0.6) is 0 Å². The molecule has 0 saturated carbocycles. The molecule has 2 heterocycles. The monoisotopic (exact) mass is 501 g/mol. The Hall–Kier alpha value is -2.08. The molecule has 1 aromatic carbocycles. The Kier molecular flexibility index (Phi) is 8.97. The largest absolute Gasteiger partial charge is 0.396 e. The molecule has 3 N–H and O–H groups in total. The van der Waals surface area contributed by atoms with Gasteiger partial charge in [-0.15, -0.1) is 34.4 Å². The zero-order valence-electron chi connectivity index (χ0n) is 16.9. The van der Waals surface area contributed by atoms with Crippen molar-refractivity contribution in [3.8, 4) is 0 Å². The van der Waals surface area contributed by atoms with Gasteiger partial charge < -0.3 is 10.4 Å². The number of thiazole rings is 1. The highest BCUT2D eigenvalue weighted by Crippen LogP contribution is 2.30. The molecule has 0 spiro atoms. The summed E-state index contributed by atoms with van der Waals surface area (Å²) in [5.74, 6) is 0.143. The van der Waals surface area contributed by atoms with Crippen LogP contribution in [0.3, 0.4) is 0 Å². The lowest BCUT2D eigenvalue weighted by Gasteiger charge is -2.11. The lowest BCUT2D eigenvalue weighted by atomic mass is 10.3. The number of amides is 1. The molecule has 2 aromatic heterocycles. The van der Waals surface area contributed by atoms with Crippen molar-refractivity contribution < 1.29 is 23.1 Å². The van der Waals surface area contributed by atoms with E-state index in [1.54, 1.807) is 11.4 Å². The van der Waals surface area contributed by atoms with Crippen LogP contribution in [0.4, 0.5) is 24.0 Å². The number of nitrogens with one attached hydrogen (secondary N) is 2. The van der Waals surface area contributed by atoms with Crippen molar-refractivity contribution in [2.45, 2.75) is 36.9 Å². The Labute approximate surface area is 196 Å². The molecule has 32 heavy (non-hydrogen) atoms. The standard InChI is InChI=1S/C21H22F3N3O2S3/c22-21(23,24)9-3-11-30-17-5-2-1-4-16(17)25-12-15-6-7-18(32-15)19(29)27-20-26-14(8-10-28)13-31-20/h1-2,4-7,13,25,28H,3,8-12H2,(H,26,27,29). The molecule has 3 aromatic rings. The summed E-state index contributed by atoms with van der Waals surface area (Å²) in [5.41, 5.74) is 1.59. The number of aliphatic hydroxyl groups is 1. The number of nitrogens with zero attached hydrogens (tertiary/aromatic N) is 1. The summed E-state index contributed by atoms with van der Waals surface area (Å²) in [4.78, 5) is 19.1. The predicted molar refractivity (Wildman–Crippen MR) is 125 cm³/mol. The van der Waals surface area contributed by atoms with Gasteiger partial charge in [-0.25, -0.2) is 4.98 Å². The number of hydrogen-bond acceptors (Lipinski definition) is 7. The summed E-state index contributed by atoms with van der Waals surface area (Å²) in [6.07, 6.45) is -4.38. The van der Waals surface area contributed by atoms with Crippen molar-refractivity contribution in [1.82, 2.24) is 4.98 Å². The second kappa shape index (κ2) is 11.7. The van der Waals surface area contributed by atoms with E-state index in [1.807, 2.05) is 30.3 Å². The molecule has 172 valence electrons. The zero-order chi connectivity index (χ0) is 23.0. The van der Waals surface area contributed by atoms with Crippen LogP contribution in [0.1, 0.15) is 33.1 Å². The van der Waals surface area contributed by atoms with Gasteiger partial charge in [0.2, 0.25) is 0 Å². The summed E-state index contributed by atoms with van der Waals surface area (Å²) in [7, 11) is 0. The number of hydrogen-bond donors (Lipinski definition) is 3. The fraction of sp³-hybridized carbons (Fsp3) is 0.333. The Balaban J connectivity index is 1.52. The van der Waals surface area contributed by atoms with Crippen molar-refractivity contribution in [2.24, 2.45) is 0 Å². The lowest BCUT2D eigenvalue weighted by Crippen LogP contribution is -2.10. The van der Waals surface area contributed by atoms with Crippen LogP contribution in [0.25, 0.3) is 0 Å². The van der Waals surface area contributed by atoms with Gasteiger partial charge in [-0.1, -0.05) is 12.1 Å². The molecule has 0 aliphatic carbocycles. The van der Waals surface area contributed by atoms with E-state index in [4.69, 9.17) is 5.11 Å². The Morgan fingerprint density at radius 2 is 2.00 bits per heavy atom. The highest BCUT2D eigenvalue weighted by atomic mass is 32.2. The van der Waals surface area contributed by atoms with E-state index in [0.717, 1.165) is 21.2 Å². The molecule has 1 amide bonds. The SMILES string of the molecule is O=C(Nc1nc(CCO)cs1)c1ccc(CNc2ccccc2SCCCC(F)(F)F)s1. The summed E-state index contributed by atoms with van der Waals surface area (Å²) >= 11 is 4.06. The van der Waals surface area contributed by atoms with Gasteiger partial charge >= 0.3 is 6.18 Å². The fourth-order valence-corrected chi connectivity index (χ4v) is 5.28. The molecule has 0 atom stereocenters. The van der Waals surface area contributed by atoms with Crippen LogP contribution < -0.4 is 10.6 Å². The van der Waals surface area contributed by atoms with Crippen molar-refractivity contribution in [3.05, 3.63) is 57.2 Å². The third kappa shape index (κ3) is 7.80. The first kappa shape index (κ1) is 24.6. The molecule has 0 bridgehead atoms. The maximum Gasteiger partial charge on any atom is 0.389 e. The molecule has 3 rings (SSSR count). The maximum atomic E-state index is 12.5. The highest BCUT2D eigenvalue weighted by molar-refractivity contribution is 7.99. The highest BCUT2D eigenvalue weighted by Gasteiger charge is 2.26. The van der Waals surface area contributed by atoms with Gasteiger partial charge in [0.25, 0.3) is 5.91 Å². The van der Waals surface area contributed by atoms with E-state index in [2.05, 4.69) is 15.6 Å². The molecule has 0 aliphatic rings. The summed E-state index contributed by atoms with van der Waals surface area (Å²) < 4.78 is 37.0. The molecule has 0 unspecified atom stereocenters. The Morgan fingerprint density at radius 1 is 1.19 bits per heavy atom. The van der Waals surface area contributed by atoms with Gasteiger partial charge in [0.1, 0.15) is 0 Å². The van der Waals surface area contributed by atoms with E-state index in [1.165, 1.54) is 34.4 Å². The number of para-hydroxylation sites is 1. The van der Waals surface area contributed by atoms with Crippen LogP contribution in [-0.2, 0) is 13.0 Å². The van der Waals surface area contributed by atoms with Gasteiger partial charge in [0.05, 0.1) is 10.6 Å². The topological polar surface area (TPSA) is 74.2 Å². The molecule has 11 heteroatoms. The number of alkyl halides is 3. The molecular weight excluding hydrogens is 479 g/mol. The van der Waals surface area contributed by atoms with Gasteiger partial charge in [0, 0.05) is 46.8 Å². The predicted octanol–water partition coefficient (Wildman–Crippen LogP) is 6.04. The van der Waals surface area contributed by atoms with Crippen LogP contribution in [-0.4, -0.2) is 34.5 Å². The second-order valence-electron chi connectivity index (χ2n) is 6.75. The van der Waals surface area contributed by atoms with Crippen molar-refractivity contribution in [2.75, 3.05) is 23.0 Å². The third-order valence-corrected chi connectivity index (χ3v) is 7.28. The summed E-state index contributed by atoms with van der Waals surface area (Å²) in [6, 6.07) is 11.1. The average Bonchev–Trinajstić information content (AvgIpc) is 3.40. The van der Waals surface area contributed by atoms with E-state index in [0.29, 0.717) is 28.7 Å². The van der Waals surface area contributed by atoms with E-state index in [-0.39, 0.29) is 18.9 Å². The van der Waals surface area contributed by atoms with Crippen LogP contribution in [0.2, 0.25) is 0 Å². The minimum Gasteiger partial charge on any atom is -0.396 e. The molecular formula is C21H22F3N3O2S3. The first-order valence-electron chi connectivity index (χ1n) is 9.82. The molecule has 0 radical (unpaired) electrons. The smallest absolute Gasteiger partial charge is 0.389 e. The fourth-order valence-electron chi connectivity index (χ4n) is 2.72. The summed E-state index contributed by atoms with van der Waals surface area (Å²) in [5, 5.41) is 17.3. The molecule has 0 saturated heterocycles. The number of carbonyl (C=O) groups excluding carboxylic acids is 1. The van der Waals surface area contributed by atoms with Gasteiger partial charge in [-0.3, -0.25) is 10.1 Å². The molecule has 0 aliphatic heterocycles. The molecule has 5 nitrogen and oxygen atoms in total. The van der Waals surface area contributed by atoms with Crippen molar-refractivity contribution in [3.63, 3.8) is 0 Å². The Morgan fingerprint density at radius 3 is 2.78 bits per heavy atom. The minimum atomic E-state index is -4.12. The normalized spacial score (nSPS) is 11.5. The maximum absolute atomic E-state index is 12.5. The van der Waals surface area contributed by atoms with Gasteiger partial charge in [-0.05, 0) is 36.4 Å². The van der Waals surface area contributed by atoms with Crippen molar-refractivity contribution >= 4 is 51.2 Å². The number of carbonyl (C=O) groups is 1. The van der Waals surface area contributed by atoms with Gasteiger partial charge in [-0.2, -0.15) is 13.2 Å². The minimum absolute atomic E-state index is 0.00754. The third-order valence-electron chi connectivity index (χ3n) is 4.23. The summed E-state index contributed by atoms with van der Waals surface area (Å²) in [6.45, 7) is 0.504. The number of aromatic nitrogens is 1. The number of anilines is 2. The van der Waals surface area contributed by atoms with E-state index in [9.17, 15) is 18.0 Å². The number of aliphatic hydroxyl groups excluding tert-OH is 1. The zero-order valence-corrected chi connectivity index (χ0v) is 19.4. The molecule has 0 fully saturated rings. The number of rotatable bonds is 11. The first-order valence-corrected chi connectivity index (χ1v) is 12.5. The van der Waals surface area contributed by atoms with Crippen LogP contribution in [0, 0.1) is 0 Å². The number of benzene rings is 1. The van der Waals surface area contributed by atoms with E-state index < -0.39 is 12.6 Å². The van der Waals surface area contributed by atoms with Gasteiger partial charge in [0.15, 0.2) is 5.13 Å². The Bertz CT molecular complexity index is 1020. The number of thioether (sulfide) groups is 1.